The number of hydrogen-bond donors (Lipinski definition) is 2. The van der Waals surface area contributed by atoms with Crippen LogP contribution in [0.3, 0.4) is 0 Å². The fraction of sp³-hybridized carbons (Fsp3) is 0.833. The van der Waals surface area contributed by atoms with Gasteiger partial charge in [-0.15, -0.1) is 0 Å². The molecule has 49 heavy (non-hydrogen) atoms. The van der Waals surface area contributed by atoms with Gasteiger partial charge in [0, 0.05) is 25.3 Å². The molecule has 0 aromatic rings. The maximum atomic E-state index is 12.5. The molecule has 12 nitrogen and oxygen atoms in total. The molecule has 13 heteroatoms. The van der Waals surface area contributed by atoms with Gasteiger partial charge in [-0.3, -0.25) is 23.4 Å². The van der Waals surface area contributed by atoms with Gasteiger partial charge in [-0.1, -0.05) is 103 Å². The van der Waals surface area contributed by atoms with E-state index in [1.807, 2.05) is 21.1 Å². The first-order chi connectivity index (χ1) is 23.2. The molecular formula is C36H67NO11P+. The summed E-state index contributed by atoms with van der Waals surface area (Å²) in [6.07, 6.45) is 20.4. The number of unbranched alkanes of at least 4 members (excludes halogenated alkanes) is 16. The van der Waals surface area contributed by atoms with Crippen LogP contribution >= 0.6 is 7.82 Å². The highest BCUT2D eigenvalue weighted by atomic mass is 31.2. The van der Waals surface area contributed by atoms with Gasteiger partial charge in [0.25, 0.3) is 0 Å². The average Bonchev–Trinajstić information content (AvgIpc) is 3.02. The van der Waals surface area contributed by atoms with Crippen molar-refractivity contribution in [3.8, 4) is 0 Å². The number of likely N-dealkylation sites (N-methyl/N-ethyl adjacent to an activating group) is 1. The number of rotatable bonds is 34. The molecule has 0 aliphatic rings. The summed E-state index contributed by atoms with van der Waals surface area (Å²) in [5.74, 6) is -2.37. The lowest BCUT2D eigenvalue weighted by Crippen LogP contribution is -2.37. The maximum absolute atomic E-state index is 12.5. The SMILES string of the molecule is CCCCCCCCCCCCCCCC(=O)OC[C@H](COP(=O)(O)OCC[N+](C)(C)C)OC(=O)CCCCCCCC(=O)/C=C/C(=O)O. The van der Waals surface area contributed by atoms with Crippen LogP contribution in [0.15, 0.2) is 12.2 Å². The van der Waals surface area contributed by atoms with Crippen LogP contribution in [-0.4, -0.2) is 91.8 Å². The molecule has 0 saturated carbocycles. The number of hydrogen-bond acceptors (Lipinski definition) is 9. The van der Waals surface area contributed by atoms with Crippen molar-refractivity contribution in [3.63, 3.8) is 0 Å². The number of phosphoric acid groups is 1. The maximum Gasteiger partial charge on any atom is 0.472 e. The first-order valence-corrected chi connectivity index (χ1v) is 19.9. The minimum atomic E-state index is -4.42. The molecule has 0 aliphatic heterocycles. The van der Waals surface area contributed by atoms with Crippen LogP contribution in [0.25, 0.3) is 0 Å². The van der Waals surface area contributed by atoms with E-state index in [9.17, 15) is 28.6 Å². The summed E-state index contributed by atoms with van der Waals surface area (Å²) >= 11 is 0. The van der Waals surface area contributed by atoms with Gasteiger partial charge in [0.15, 0.2) is 11.9 Å². The van der Waals surface area contributed by atoms with Crippen LogP contribution in [0.4, 0.5) is 0 Å². The molecule has 0 bridgehead atoms. The average molecular weight is 721 g/mol. The molecule has 0 radical (unpaired) electrons. The topological polar surface area (TPSA) is 163 Å². The molecule has 0 amide bonds. The van der Waals surface area contributed by atoms with Crippen molar-refractivity contribution in [3.05, 3.63) is 12.2 Å². The van der Waals surface area contributed by atoms with Crippen molar-refractivity contribution < 1.29 is 56.7 Å². The van der Waals surface area contributed by atoms with E-state index in [4.69, 9.17) is 23.6 Å². The Kier molecular flexibility index (Phi) is 28.3. The zero-order chi connectivity index (χ0) is 36.8. The normalized spacial score (nSPS) is 13.7. The molecule has 0 aliphatic carbocycles. The Bertz CT molecular complexity index is 981. The molecule has 0 aromatic heterocycles. The number of carbonyl (C=O) groups excluding carboxylic acids is 3. The molecule has 0 saturated heterocycles. The summed E-state index contributed by atoms with van der Waals surface area (Å²) in [7, 11) is 1.32. The number of carbonyl (C=O) groups is 4. The van der Waals surface area contributed by atoms with Gasteiger partial charge in [0.05, 0.1) is 27.7 Å². The van der Waals surface area contributed by atoms with E-state index in [1.165, 1.54) is 57.8 Å². The van der Waals surface area contributed by atoms with Crippen LogP contribution in [0.5, 0.6) is 0 Å². The second kappa shape index (κ2) is 29.6. The molecule has 0 heterocycles. The summed E-state index contributed by atoms with van der Waals surface area (Å²) in [5, 5.41) is 8.57. The van der Waals surface area contributed by atoms with E-state index in [2.05, 4.69) is 6.92 Å². The third-order valence-electron chi connectivity index (χ3n) is 7.87. The molecule has 0 rings (SSSR count). The number of esters is 2. The number of phosphoric ester groups is 1. The van der Waals surface area contributed by atoms with Gasteiger partial charge in [-0.2, -0.15) is 0 Å². The van der Waals surface area contributed by atoms with Crippen molar-refractivity contribution >= 4 is 31.5 Å². The van der Waals surface area contributed by atoms with Crippen LogP contribution < -0.4 is 0 Å². The molecule has 2 atom stereocenters. The van der Waals surface area contributed by atoms with Gasteiger partial charge in [0.2, 0.25) is 0 Å². The van der Waals surface area contributed by atoms with Gasteiger partial charge < -0.3 is 24.0 Å². The number of allylic oxidation sites excluding steroid dienone is 1. The van der Waals surface area contributed by atoms with Crippen LogP contribution in [-0.2, 0) is 42.3 Å². The Morgan fingerprint density at radius 1 is 0.653 bits per heavy atom. The number of carboxylic acid groups (broad SMARTS) is 1. The molecule has 1 unspecified atom stereocenters. The number of quaternary nitrogens is 1. The highest BCUT2D eigenvalue weighted by Gasteiger charge is 2.27. The number of nitrogens with zero attached hydrogens (tertiary/aromatic N) is 1. The van der Waals surface area contributed by atoms with Gasteiger partial charge >= 0.3 is 25.7 Å². The standard InChI is InChI=1S/C36H66NO11P/c1-5-6-7-8-9-10-11-12-13-14-15-18-21-24-35(41)45-30-33(31-47-49(43,44)46-29-28-37(2,3)4)48-36(42)25-22-19-16-17-20-23-32(38)26-27-34(39)40/h26-27,33H,5-25,28-31H2,1-4H3,(H-,39,40,43,44)/p+1/b27-26+/t33-/m1/s1. The van der Waals surface area contributed by atoms with Crippen molar-refractivity contribution in [2.24, 2.45) is 0 Å². The molecular weight excluding hydrogens is 653 g/mol. The first-order valence-electron chi connectivity index (χ1n) is 18.5. The third kappa shape index (κ3) is 34.1. The predicted octanol–water partition coefficient (Wildman–Crippen LogP) is 7.70. The van der Waals surface area contributed by atoms with E-state index in [0.717, 1.165) is 50.7 Å². The summed E-state index contributed by atoms with van der Waals surface area (Å²) < 4.78 is 33.8. The Morgan fingerprint density at radius 3 is 1.61 bits per heavy atom. The molecule has 0 spiro atoms. The number of ether oxygens (including phenoxy) is 2. The van der Waals surface area contributed by atoms with E-state index >= 15 is 0 Å². The lowest BCUT2D eigenvalue weighted by atomic mass is 10.0. The van der Waals surface area contributed by atoms with Gasteiger partial charge in [-0.05, 0) is 25.3 Å². The lowest BCUT2D eigenvalue weighted by Gasteiger charge is -2.24. The van der Waals surface area contributed by atoms with Crippen molar-refractivity contribution in [2.75, 3.05) is 47.5 Å². The van der Waals surface area contributed by atoms with E-state index in [0.29, 0.717) is 30.3 Å². The number of carboxylic acids is 1. The minimum Gasteiger partial charge on any atom is -0.478 e. The van der Waals surface area contributed by atoms with Crippen molar-refractivity contribution in [2.45, 2.75) is 148 Å². The van der Waals surface area contributed by atoms with Crippen molar-refractivity contribution in [1.82, 2.24) is 0 Å². The van der Waals surface area contributed by atoms with E-state index in [1.54, 1.807) is 0 Å². The summed E-state index contributed by atoms with van der Waals surface area (Å²) in [6, 6.07) is 0. The number of aliphatic carboxylic acids is 1. The van der Waals surface area contributed by atoms with E-state index in [-0.39, 0.29) is 38.3 Å². The zero-order valence-corrected chi connectivity index (χ0v) is 31.8. The smallest absolute Gasteiger partial charge is 0.472 e. The minimum absolute atomic E-state index is 0.0109. The molecule has 2 N–H and O–H groups in total. The van der Waals surface area contributed by atoms with Gasteiger partial charge in [-0.25, -0.2) is 9.36 Å². The molecule has 0 fully saturated rings. The van der Waals surface area contributed by atoms with Crippen LogP contribution in [0, 0.1) is 0 Å². The lowest BCUT2D eigenvalue weighted by molar-refractivity contribution is -0.870. The third-order valence-corrected chi connectivity index (χ3v) is 8.85. The monoisotopic (exact) mass is 720 g/mol. The predicted molar refractivity (Wildman–Crippen MR) is 190 cm³/mol. The van der Waals surface area contributed by atoms with E-state index < -0.39 is 38.4 Å². The Balaban J connectivity index is 4.49. The first kappa shape index (κ1) is 46.9. The zero-order valence-electron chi connectivity index (χ0n) is 30.9. The highest BCUT2D eigenvalue weighted by Crippen LogP contribution is 2.43. The molecule has 286 valence electrons. The number of ketones is 1. The fourth-order valence-electron chi connectivity index (χ4n) is 4.90. The second-order valence-electron chi connectivity index (χ2n) is 13.8. The summed E-state index contributed by atoms with van der Waals surface area (Å²) in [4.78, 5) is 57.1. The largest absolute Gasteiger partial charge is 0.478 e. The summed E-state index contributed by atoms with van der Waals surface area (Å²) in [6.45, 7) is 1.93. The quantitative estimate of drug-likeness (QED) is 0.0220. The van der Waals surface area contributed by atoms with Gasteiger partial charge in [0.1, 0.15) is 19.8 Å². The second-order valence-corrected chi connectivity index (χ2v) is 15.3. The Morgan fingerprint density at radius 2 is 1.12 bits per heavy atom. The van der Waals surface area contributed by atoms with Crippen molar-refractivity contribution in [1.29, 1.82) is 0 Å². The van der Waals surface area contributed by atoms with Crippen LogP contribution in [0.2, 0.25) is 0 Å². The highest BCUT2D eigenvalue weighted by molar-refractivity contribution is 7.47. The Hall–Kier alpha value is -2.11. The van der Waals surface area contributed by atoms with Crippen LogP contribution in [0.1, 0.15) is 142 Å². The Labute approximate surface area is 295 Å². The fourth-order valence-corrected chi connectivity index (χ4v) is 5.64. The summed E-state index contributed by atoms with van der Waals surface area (Å²) in [5.41, 5.74) is 0. The molecule has 0 aromatic carbocycles.